The van der Waals surface area contributed by atoms with Gasteiger partial charge >= 0.3 is 0 Å². The summed E-state index contributed by atoms with van der Waals surface area (Å²) in [5.74, 6) is 0.0795. The predicted molar refractivity (Wildman–Crippen MR) is 98.6 cm³/mol. The van der Waals surface area contributed by atoms with Gasteiger partial charge in [0.2, 0.25) is 5.91 Å². The van der Waals surface area contributed by atoms with Crippen molar-refractivity contribution in [2.45, 2.75) is 19.4 Å². The molecule has 0 aromatic heterocycles. The van der Waals surface area contributed by atoms with E-state index >= 15 is 0 Å². The lowest BCUT2D eigenvalue weighted by Crippen LogP contribution is -2.41. The van der Waals surface area contributed by atoms with Crippen molar-refractivity contribution in [3.8, 4) is 5.75 Å². The fraction of sp³-hybridized carbons (Fsp3) is 0.222. The Kier molecular flexibility index (Phi) is 5.16. The molecule has 2 aromatic rings. The third kappa shape index (κ3) is 3.89. The molecule has 0 bridgehead atoms. The van der Waals surface area contributed by atoms with Crippen LogP contribution in [-0.4, -0.2) is 24.5 Å². The fourth-order valence-electron chi connectivity index (χ4n) is 2.75. The lowest BCUT2D eigenvalue weighted by Gasteiger charge is -2.27. The van der Waals surface area contributed by atoms with E-state index in [1.807, 2.05) is 19.1 Å². The van der Waals surface area contributed by atoms with Crippen LogP contribution in [-0.2, 0) is 9.59 Å². The number of benzene rings is 2. The largest absolute Gasteiger partial charge is 0.484 e. The SMILES string of the molecule is C[C@@H]1CC(=O)Nc2ccccc2N1C(=O)COc1ccc(Cl)c(Cl)c1. The Morgan fingerprint density at radius 1 is 1.24 bits per heavy atom. The molecule has 1 aliphatic rings. The van der Waals surface area contributed by atoms with E-state index in [2.05, 4.69) is 5.32 Å². The van der Waals surface area contributed by atoms with Crippen molar-refractivity contribution in [1.29, 1.82) is 0 Å². The minimum Gasteiger partial charge on any atom is -0.484 e. The third-order valence-corrected chi connectivity index (χ3v) is 4.62. The molecule has 3 rings (SSSR count). The Balaban J connectivity index is 1.80. The van der Waals surface area contributed by atoms with Crippen molar-refractivity contribution >= 4 is 46.4 Å². The Labute approximate surface area is 155 Å². The normalized spacial score (nSPS) is 16.7. The quantitative estimate of drug-likeness (QED) is 0.872. The molecule has 0 aliphatic carbocycles. The van der Waals surface area contributed by atoms with Crippen LogP contribution in [0.4, 0.5) is 11.4 Å². The maximum Gasteiger partial charge on any atom is 0.265 e. The van der Waals surface area contributed by atoms with Crippen molar-refractivity contribution in [3.63, 3.8) is 0 Å². The number of para-hydroxylation sites is 2. The van der Waals surface area contributed by atoms with Gasteiger partial charge in [-0.3, -0.25) is 9.59 Å². The maximum absolute atomic E-state index is 12.8. The number of hydrogen-bond acceptors (Lipinski definition) is 3. The molecule has 2 amide bonds. The lowest BCUT2D eigenvalue weighted by molar-refractivity contribution is -0.121. The number of halogens is 2. The number of hydrogen-bond donors (Lipinski definition) is 1. The predicted octanol–water partition coefficient (Wildman–Crippen LogP) is 4.14. The summed E-state index contributed by atoms with van der Waals surface area (Å²) in [7, 11) is 0. The summed E-state index contributed by atoms with van der Waals surface area (Å²) in [6.45, 7) is 1.66. The van der Waals surface area contributed by atoms with Gasteiger partial charge in [-0.05, 0) is 31.2 Å². The number of anilines is 2. The second-order valence-electron chi connectivity index (χ2n) is 5.75. The number of amides is 2. The van der Waals surface area contributed by atoms with Gasteiger partial charge in [-0.1, -0.05) is 35.3 Å². The van der Waals surface area contributed by atoms with E-state index in [1.165, 1.54) is 0 Å². The van der Waals surface area contributed by atoms with E-state index in [0.717, 1.165) is 0 Å². The summed E-state index contributed by atoms with van der Waals surface area (Å²) >= 11 is 11.8. The average Bonchev–Trinajstić information content (AvgIpc) is 2.70. The van der Waals surface area contributed by atoms with Crippen LogP contribution in [0.5, 0.6) is 5.75 Å². The molecule has 1 heterocycles. The molecular formula is C18H16Cl2N2O3. The highest BCUT2D eigenvalue weighted by Crippen LogP contribution is 2.31. The molecule has 0 unspecified atom stereocenters. The van der Waals surface area contributed by atoms with E-state index in [-0.39, 0.29) is 30.9 Å². The van der Waals surface area contributed by atoms with Crippen molar-refractivity contribution in [3.05, 3.63) is 52.5 Å². The minimum absolute atomic E-state index is 0.124. The molecule has 1 N–H and O–H groups in total. The first kappa shape index (κ1) is 17.6. The van der Waals surface area contributed by atoms with Gasteiger partial charge in [-0.15, -0.1) is 0 Å². The van der Waals surface area contributed by atoms with Crippen LogP contribution in [0.1, 0.15) is 13.3 Å². The summed E-state index contributed by atoms with van der Waals surface area (Å²) in [4.78, 5) is 26.3. The molecule has 2 aromatic carbocycles. The van der Waals surface area contributed by atoms with Gasteiger partial charge < -0.3 is 15.0 Å². The average molecular weight is 379 g/mol. The monoisotopic (exact) mass is 378 g/mol. The van der Waals surface area contributed by atoms with E-state index < -0.39 is 0 Å². The molecule has 7 heteroatoms. The molecule has 0 saturated carbocycles. The second kappa shape index (κ2) is 7.33. The van der Waals surface area contributed by atoms with Gasteiger partial charge in [0.25, 0.3) is 5.91 Å². The van der Waals surface area contributed by atoms with Crippen LogP contribution in [0, 0.1) is 0 Å². The Hall–Kier alpha value is -2.24. The maximum atomic E-state index is 12.8. The van der Waals surface area contributed by atoms with Gasteiger partial charge in [0.1, 0.15) is 5.75 Å². The first-order valence-corrected chi connectivity index (χ1v) is 8.50. The number of fused-ring (bicyclic) bond motifs is 1. The summed E-state index contributed by atoms with van der Waals surface area (Å²) < 4.78 is 5.55. The van der Waals surface area contributed by atoms with Gasteiger partial charge in [-0.25, -0.2) is 0 Å². The zero-order valence-electron chi connectivity index (χ0n) is 13.5. The van der Waals surface area contributed by atoms with Crippen LogP contribution in [0.25, 0.3) is 0 Å². The van der Waals surface area contributed by atoms with E-state index in [0.29, 0.717) is 27.2 Å². The molecule has 0 spiro atoms. The number of carbonyl (C=O) groups is 2. The molecule has 0 radical (unpaired) electrons. The Morgan fingerprint density at radius 2 is 2.00 bits per heavy atom. The van der Waals surface area contributed by atoms with Crippen LogP contribution in [0.3, 0.4) is 0 Å². The van der Waals surface area contributed by atoms with Crippen molar-refractivity contribution in [2.24, 2.45) is 0 Å². The van der Waals surface area contributed by atoms with E-state index in [4.69, 9.17) is 27.9 Å². The highest BCUT2D eigenvalue weighted by molar-refractivity contribution is 6.42. The highest BCUT2D eigenvalue weighted by atomic mass is 35.5. The highest BCUT2D eigenvalue weighted by Gasteiger charge is 2.29. The minimum atomic E-state index is -0.284. The van der Waals surface area contributed by atoms with Gasteiger partial charge in [0, 0.05) is 18.5 Å². The summed E-state index contributed by atoms with van der Waals surface area (Å²) in [5.41, 5.74) is 1.27. The Bertz CT molecular complexity index is 826. The number of rotatable bonds is 3. The molecule has 5 nitrogen and oxygen atoms in total. The number of nitrogens with one attached hydrogen (secondary N) is 1. The van der Waals surface area contributed by atoms with Crippen LogP contribution in [0.15, 0.2) is 42.5 Å². The summed E-state index contributed by atoms with van der Waals surface area (Å²) in [5, 5.41) is 3.59. The van der Waals surface area contributed by atoms with Crippen molar-refractivity contribution in [2.75, 3.05) is 16.8 Å². The van der Waals surface area contributed by atoms with Gasteiger partial charge in [0.05, 0.1) is 21.4 Å². The van der Waals surface area contributed by atoms with Crippen LogP contribution < -0.4 is 15.0 Å². The molecule has 1 atom stereocenters. The van der Waals surface area contributed by atoms with Crippen LogP contribution >= 0.6 is 23.2 Å². The van der Waals surface area contributed by atoms with Crippen molar-refractivity contribution in [1.82, 2.24) is 0 Å². The second-order valence-corrected chi connectivity index (χ2v) is 6.56. The Morgan fingerprint density at radius 3 is 2.76 bits per heavy atom. The fourth-order valence-corrected chi connectivity index (χ4v) is 3.04. The zero-order chi connectivity index (χ0) is 18.0. The first-order chi connectivity index (χ1) is 12.0. The summed E-state index contributed by atoms with van der Waals surface area (Å²) in [6, 6.07) is 11.7. The smallest absolute Gasteiger partial charge is 0.265 e. The molecule has 130 valence electrons. The number of nitrogens with zero attached hydrogens (tertiary/aromatic N) is 1. The first-order valence-electron chi connectivity index (χ1n) is 7.74. The lowest BCUT2D eigenvalue weighted by atomic mass is 10.1. The summed E-state index contributed by atoms with van der Waals surface area (Å²) in [6.07, 6.45) is 0.215. The van der Waals surface area contributed by atoms with E-state index in [1.54, 1.807) is 35.2 Å². The standard InChI is InChI=1S/C18H16Cl2N2O3/c1-11-8-17(23)21-15-4-2-3-5-16(15)22(11)18(24)10-25-12-6-7-13(19)14(20)9-12/h2-7,9,11H,8,10H2,1H3,(H,21,23)/t11-/m1/s1. The molecule has 1 aliphatic heterocycles. The number of ether oxygens (including phenoxy) is 1. The topological polar surface area (TPSA) is 58.6 Å². The van der Waals surface area contributed by atoms with Gasteiger partial charge in [-0.2, -0.15) is 0 Å². The molecule has 0 saturated heterocycles. The molecule has 25 heavy (non-hydrogen) atoms. The van der Waals surface area contributed by atoms with E-state index in [9.17, 15) is 9.59 Å². The molecule has 0 fully saturated rings. The third-order valence-electron chi connectivity index (χ3n) is 3.88. The van der Waals surface area contributed by atoms with Crippen molar-refractivity contribution < 1.29 is 14.3 Å². The molecular weight excluding hydrogens is 363 g/mol. The number of carbonyl (C=O) groups excluding carboxylic acids is 2. The van der Waals surface area contributed by atoms with Gasteiger partial charge in [0.15, 0.2) is 6.61 Å². The van der Waals surface area contributed by atoms with Crippen LogP contribution in [0.2, 0.25) is 10.0 Å². The zero-order valence-corrected chi connectivity index (χ0v) is 15.0.